The molecule has 27 heavy (non-hydrogen) atoms. The number of anilines is 1. The Morgan fingerprint density at radius 2 is 2.22 bits per heavy atom. The number of fused-ring (bicyclic) bond motifs is 5. The molecule has 0 spiro atoms. The second-order valence-corrected chi connectivity index (χ2v) is 8.47. The van der Waals surface area contributed by atoms with Crippen LogP contribution in [-0.4, -0.2) is 70.6 Å². The number of aliphatic hydroxyl groups excluding tert-OH is 2. The van der Waals surface area contributed by atoms with Crippen LogP contribution in [0, 0.1) is 17.8 Å². The molecule has 3 aliphatic heterocycles. The Balaban J connectivity index is 1.41. The summed E-state index contributed by atoms with van der Waals surface area (Å²) in [5, 5.41) is 24.6. The van der Waals surface area contributed by atoms with Gasteiger partial charge in [-0.25, -0.2) is 9.97 Å². The molecule has 5 rings (SSSR count). The number of carbonyl (C=O) groups excluding carboxylic acids is 1. The van der Waals surface area contributed by atoms with E-state index in [0.29, 0.717) is 19.5 Å². The molecule has 3 aliphatic rings. The second kappa shape index (κ2) is 6.66. The molecule has 1 amide bonds. The highest BCUT2D eigenvalue weighted by atomic mass is 32.1. The second-order valence-electron chi connectivity index (χ2n) is 7.55. The van der Waals surface area contributed by atoms with E-state index in [9.17, 15) is 9.90 Å². The highest BCUT2D eigenvalue weighted by Crippen LogP contribution is 2.48. The summed E-state index contributed by atoms with van der Waals surface area (Å²) in [5.74, 6) is 0.667. The van der Waals surface area contributed by atoms with Gasteiger partial charge in [-0.3, -0.25) is 4.79 Å². The van der Waals surface area contributed by atoms with Crippen LogP contribution in [0.15, 0.2) is 17.8 Å². The molecule has 9 heteroatoms. The molecule has 3 N–H and O–H groups in total. The van der Waals surface area contributed by atoms with E-state index in [1.165, 1.54) is 0 Å². The first-order valence-corrected chi connectivity index (χ1v) is 10.2. The number of aromatic nitrogens is 2. The molecule has 6 atom stereocenters. The average Bonchev–Trinajstić information content (AvgIpc) is 3.40. The molecule has 0 saturated carbocycles. The molecule has 1 unspecified atom stereocenters. The zero-order chi connectivity index (χ0) is 18.5. The SMILES string of the molecule is O=C(NCCO)C1C[C@@H]2O[C@H]1[C@H]1CN(c3ncnc4ccsc34)C[C@H]1[C@@H]2O. The Morgan fingerprint density at radius 3 is 3.07 bits per heavy atom. The number of amides is 1. The summed E-state index contributed by atoms with van der Waals surface area (Å²) in [4.78, 5) is 23.5. The van der Waals surface area contributed by atoms with Crippen molar-refractivity contribution in [3.05, 3.63) is 17.8 Å². The third kappa shape index (κ3) is 2.72. The van der Waals surface area contributed by atoms with Crippen molar-refractivity contribution in [2.75, 3.05) is 31.1 Å². The first-order valence-electron chi connectivity index (χ1n) is 9.32. The van der Waals surface area contributed by atoms with E-state index in [1.807, 2.05) is 11.4 Å². The summed E-state index contributed by atoms with van der Waals surface area (Å²) < 4.78 is 7.11. The van der Waals surface area contributed by atoms with Crippen LogP contribution < -0.4 is 10.2 Å². The predicted octanol–water partition coefficient (Wildman–Crippen LogP) is 0.000400. The molecule has 3 saturated heterocycles. The number of carbonyl (C=O) groups is 1. The zero-order valence-corrected chi connectivity index (χ0v) is 15.5. The van der Waals surface area contributed by atoms with Gasteiger partial charge in [-0.2, -0.15) is 0 Å². The normalized spacial score (nSPS) is 34.8. The van der Waals surface area contributed by atoms with Crippen LogP contribution >= 0.6 is 11.3 Å². The smallest absolute Gasteiger partial charge is 0.225 e. The van der Waals surface area contributed by atoms with Crippen molar-refractivity contribution in [3.8, 4) is 0 Å². The number of aliphatic hydroxyl groups is 2. The van der Waals surface area contributed by atoms with Gasteiger partial charge >= 0.3 is 0 Å². The maximum Gasteiger partial charge on any atom is 0.225 e. The van der Waals surface area contributed by atoms with Gasteiger partial charge in [0.2, 0.25) is 5.91 Å². The van der Waals surface area contributed by atoms with E-state index >= 15 is 0 Å². The standard InChI is InChI=1S/C18H22N4O4S/c23-3-2-19-18(25)9-5-13-14(24)10-6-22(7-11(10)15(9)26-13)17-16-12(1-4-27-16)20-8-21-17/h1,4,8-11,13-15,23-24H,2-3,5-7H2,(H,19,25)/t9?,10-,11+,13+,14+,15-/m1/s1. The molecule has 8 nitrogen and oxygen atoms in total. The van der Waals surface area contributed by atoms with E-state index in [-0.39, 0.29) is 49.0 Å². The Hall–Kier alpha value is -1.81. The van der Waals surface area contributed by atoms with Gasteiger partial charge in [0.1, 0.15) is 12.1 Å². The van der Waals surface area contributed by atoms with Crippen molar-refractivity contribution in [1.82, 2.24) is 15.3 Å². The first kappa shape index (κ1) is 17.3. The van der Waals surface area contributed by atoms with Crippen LogP contribution in [0.2, 0.25) is 0 Å². The Bertz CT molecular complexity index is 861. The van der Waals surface area contributed by atoms with E-state index < -0.39 is 6.10 Å². The van der Waals surface area contributed by atoms with Crippen LogP contribution in [0.5, 0.6) is 0 Å². The quantitative estimate of drug-likeness (QED) is 0.674. The molecule has 2 bridgehead atoms. The Labute approximate surface area is 160 Å². The van der Waals surface area contributed by atoms with E-state index in [1.54, 1.807) is 17.7 Å². The lowest BCUT2D eigenvalue weighted by atomic mass is 9.83. The summed E-state index contributed by atoms with van der Waals surface area (Å²) in [6, 6.07) is 1.98. The van der Waals surface area contributed by atoms with Gasteiger partial charge < -0.3 is 25.2 Å². The van der Waals surface area contributed by atoms with E-state index in [2.05, 4.69) is 20.2 Å². The first-order chi connectivity index (χ1) is 13.2. The van der Waals surface area contributed by atoms with Gasteiger partial charge in [-0.15, -0.1) is 11.3 Å². The number of thiophene rings is 1. The maximum absolute atomic E-state index is 12.5. The van der Waals surface area contributed by atoms with Crippen LogP contribution in [0.4, 0.5) is 5.82 Å². The number of ether oxygens (including phenoxy) is 1. The summed E-state index contributed by atoms with van der Waals surface area (Å²) in [6.07, 6.45) is 1.04. The highest BCUT2D eigenvalue weighted by molar-refractivity contribution is 7.17. The van der Waals surface area contributed by atoms with Crippen molar-refractivity contribution < 1.29 is 19.7 Å². The lowest BCUT2D eigenvalue weighted by Crippen LogP contribution is -2.47. The fraction of sp³-hybridized carbons (Fsp3) is 0.611. The van der Waals surface area contributed by atoms with Gasteiger partial charge in [0.05, 0.1) is 41.1 Å². The van der Waals surface area contributed by atoms with Gasteiger partial charge in [0.15, 0.2) is 0 Å². The largest absolute Gasteiger partial charge is 0.395 e. The summed E-state index contributed by atoms with van der Waals surface area (Å²) >= 11 is 1.62. The fourth-order valence-electron chi connectivity index (χ4n) is 4.94. The molecule has 5 heterocycles. The van der Waals surface area contributed by atoms with Crippen molar-refractivity contribution in [2.45, 2.75) is 24.7 Å². The molecule has 2 aromatic heterocycles. The molecule has 0 aromatic carbocycles. The lowest BCUT2D eigenvalue weighted by Gasteiger charge is -2.36. The number of nitrogens with one attached hydrogen (secondary N) is 1. The van der Waals surface area contributed by atoms with Crippen molar-refractivity contribution in [3.63, 3.8) is 0 Å². The van der Waals surface area contributed by atoms with Crippen LogP contribution in [0.3, 0.4) is 0 Å². The van der Waals surface area contributed by atoms with Crippen LogP contribution in [0.1, 0.15) is 6.42 Å². The minimum Gasteiger partial charge on any atom is -0.395 e. The fourth-order valence-corrected chi connectivity index (χ4v) is 5.80. The third-order valence-corrected chi connectivity index (χ3v) is 7.04. The Kier molecular flexibility index (Phi) is 4.27. The van der Waals surface area contributed by atoms with E-state index in [0.717, 1.165) is 16.0 Å². The molecule has 0 radical (unpaired) electrons. The van der Waals surface area contributed by atoms with Crippen molar-refractivity contribution in [2.24, 2.45) is 17.8 Å². The molecule has 2 aromatic rings. The third-order valence-electron chi connectivity index (χ3n) is 6.14. The molecule has 0 aliphatic carbocycles. The predicted molar refractivity (Wildman–Crippen MR) is 99.5 cm³/mol. The van der Waals surface area contributed by atoms with Gasteiger partial charge in [0.25, 0.3) is 0 Å². The van der Waals surface area contributed by atoms with E-state index in [4.69, 9.17) is 9.84 Å². The average molecular weight is 390 g/mol. The van der Waals surface area contributed by atoms with Crippen LogP contribution in [-0.2, 0) is 9.53 Å². The van der Waals surface area contributed by atoms with Gasteiger partial charge in [0, 0.05) is 31.5 Å². The minimum absolute atomic E-state index is 0.0642. The topological polar surface area (TPSA) is 108 Å². The zero-order valence-electron chi connectivity index (χ0n) is 14.7. The van der Waals surface area contributed by atoms with Crippen LogP contribution in [0.25, 0.3) is 10.2 Å². The summed E-state index contributed by atoms with van der Waals surface area (Å²) in [6.45, 7) is 1.57. The van der Waals surface area contributed by atoms with Crippen molar-refractivity contribution in [1.29, 1.82) is 0 Å². The molecular formula is C18H22N4O4S. The van der Waals surface area contributed by atoms with Gasteiger partial charge in [-0.05, 0) is 17.9 Å². The van der Waals surface area contributed by atoms with Gasteiger partial charge in [-0.1, -0.05) is 0 Å². The highest BCUT2D eigenvalue weighted by Gasteiger charge is 2.58. The van der Waals surface area contributed by atoms with Crippen molar-refractivity contribution >= 4 is 33.3 Å². The number of hydrogen-bond donors (Lipinski definition) is 3. The molecule has 144 valence electrons. The molecule has 3 fully saturated rings. The maximum atomic E-state index is 12.5. The summed E-state index contributed by atoms with van der Waals surface area (Å²) in [7, 11) is 0. The number of rotatable bonds is 4. The lowest BCUT2D eigenvalue weighted by molar-refractivity contribution is -0.140. The summed E-state index contributed by atoms with van der Waals surface area (Å²) in [5.41, 5.74) is 0.930. The Morgan fingerprint density at radius 1 is 1.37 bits per heavy atom. The minimum atomic E-state index is -0.576. The number of nitrogens with zero attached hydrogens (tertiary/aromatic N) is 3. The number of hydrogen-bond acceptors (Lipinski definition) is 8. The molecular weight excluding hydrogens is 368 g/mol. The monoisotopic (exact) mass is 390 g/mol.